The van der Waals surface area contributed by atoms with Crippen molar-refractivity contribution in [2.75, 3.05) is 26.7 Å². The highest BCUT2D eigenvalue weighted by molar-refractivity contribution is 6.07. The highest BCUT2D eigenvalue weighted by Crippen LogP contribution is 2.12. The average Bonchev–Trinajstić information content (AvgIpc) is 2.59. The molecule has 0 aromatic rings. The van der Waals surface area contributed by atoms with Crippen LogP contribution in [0.2, 0.25) is 0 Å². The summed E-state index contributed by atoms with van der Waals surface area (Å²) in [5, 5.41) is 5.74. The molecule has 104 valence electrons. The van der Waals surface area contributed by atoms with Crippen molar-refractivity contribution in [3.63, 3.8) is 0 Å². The number of halogens is 2. The average molecular weight is 297 g/mol. The number of carbonyl (C=O) groups is 2. The predicted octanol–water partition coefficient (Wildman–Crippen LogP) is -0.226. The van der Waals surface area contributed by atoms with Crippen LogP contribution in [0.5, 0.6) is 0 Å². The van der Waals surface area contributed by atoms with Crippen molar-refractivity contribution in [2.45, 2.75) is 12.8 Å². The van der Waals surface area contributed by atoms with E-state index in [9.17, 15) is 9.59 Å². The molecule has 2 amide bonds. The fraction of sp³-hybridized carbons (Fsp3) is 0.700. The van der Waals surface area contributed by atoms with Gasteiger partial charge in [-0.1, -0.05) is 0 Å². The zero-order valence-electron chi connectivity index (χ0n) is 10.1. The van der Waals surface area contributed by atoms with E-state index in [4.69, 9.17) is 0 Å². The number of carbonyl (C=O) groups excluding carboxylic acids is 2. The monoisotopic (exact) mass is 296 g/mol. The lowest BCUT2D eigenvalue weighted by atomic mass is 9.99. The first-order chi connectivity index (χ1) is 7.66. The van der Waals surface area contributed by atoms with Gasteiger partial charge in [-0.05, 0) is 19.4 Å². The first kappa shape index (κ1) is 17.2. The van der Waals surface area contributed by atoms with Crippen LogP contribution in [0.15, 0.2) is 4.99 Å². The summed E-state index contributed by atoms with van der Waals surface area (Å²) in [7, 11) is 1.74. The molecule has 0 radical (unpaired) electrons. The number of likely N-dealkylation sites (N-methyl/N-ethyl adjacent to an activating group) is 1. The van der Waals surface area contributed by atoms with E-state index in [1.165, 1.54) is 0 Å². The minimum atomic E-state index is -0.142. The molecule has 2 saturated heterocycles. The standard InChI is InChI=1S/C10H16N4O2.2ClH/c1-14-6-8(15)12-10(14)13-9(16)7-3-2-4-11-5-7;;/h7,11H,2-6H2,1H3,(H,12,13,15,16);2*1H. The maximum atomic E-state index is 11.8. The fourth-order valence-corrected chi connectivity index (χ4v) is 1.92. The number of guanidine groups is 1. The third-order valence-electron chi connectivity index (χ3n) is 2.86. The summed E-state index contributed by atoms with van der Waals surface area (Å²) in [6.07, 6.45) is 1.88. The van der Waals surface area contributed by atoms with Gasteiger partial charge in [-0.15, -0.1) is 24.8 Å². The number of piperidine rings is 1. The molecule has 6 nitrogen and oxygen atoms in total. The van der Waals surface area contributed by atoms with Crippen molar-refractivity contribution in [1.29, 1.82) is 0 Å². The number of rotatable bonds is 1. The summed E-state index contributed by atoms with van der Waals surface area (Å²) in [4.78, 5) is 28.5. The van der Waals surface area contributed by atoms with Gasteiger partial charge in [-0.2, -0.15) is 4.99 Å². The van der Waals surface area contributed by atoms with E-state index in [2.05, 4.69) is 15.6 Å². The Labute approximate surface area is 118 Å². The number of nitrogens with one attached hydrogen (secondary N) is 2. The third-order valence-corrected chi connectivity index (χ3v) is 2.86. The number of amides is 2. The molecule has 18 heavy (non-hydrogen) atoms. The Balaban J connectivity index is 0.00000144. The molecule has 8 heteroatoms. The fourth-order valence-electron chi connectivity index (χ4n) is 1.92. The van der Waals surface area contributed by atoms with Crippen LogP contribution in [-0.4, -0.2) is 49.4 Å². The third kappa shape index (κ3) is 4.12. The number of aliphatic imine (C=N–C) groups is 1. The lowest BCUT2D eigenvalue weighted by Gasteiger charge is -2.20. The van der Waals surface area contributed by atoms with Crippen LogP contribution in [-0.2, 0) is 9.59 Å². The summed E-state index contributed by atoms with van der Waals surface area (Å²) in [5.41, 5.74) is 0. The lowest BCUT2D eigenvalue weighted by Crippen LogP contribution is -2.36. The Bertz CT molecular complexity index is 343. The van der Waals surface area contributed by atoms with Crippen LogP contribution < -0.4 is 10.6 Å². The molecule has 1 atom stereocenters. The maximum absolute atomic E-state index is 11.8. The van der Waals surface area contributed by atoms with Gasteiger partial charge < -0.3 is 10.2 Å². The van der Waals surface area contributed by atoms with Crippen molar-refractivity contribution in [3.8, 4) is 0 Å². The zero-order chi connectivity index (χ0) is 11.5. The Morgan fingerprint density at radius 3 is 2.67 bits per heavy atom. The van der Waals surface area contributed by atoms with Crippen LogP contribution in [0, 0.1) is 5.92 Å². The second kappa shape index (κ2) is 7.56. The van der Waals surface area contributed by atoms with E-state index in [0.717, 1.165) is 19.4 Å². The van der Waals surface area contributed by atoms with Gasteiger partial charge in [0, 0.05) is 13.6 Å². The second-order valence-corrected chi connectivity index (χ2v) is 4.22. The van der Waals surface area contributed by atoms with Crippen LogP contribution in [0.4, 0.5) is 0 Å². The second-order valence-electron chi connectivity index (χ2n) is 4.22. The van der Waals surface area contributed by atoms with E-state index >= 15 is 0 Å². The van der Waals surface area contributed by atoms with Crippen molar-refractivity contribution < 1.29 is 9.59 Å². The van der Waals surface area contributed by atoms with E-state index in [0.29, 0.717) is 12.5 Å². The largest absolute Gasteiger partial charge is 0.336 e. The Hall–Kier alpha value is -0.850. The van der Waals surface area contributed by atoms with Gasteiger partial charge in [0.15, 0.2) is 0 Å². The normalized spacial score (nSPS) is 25.2. The molecular formula is C10H18Cl2N4O2. The number of nitrogens with zero attached hydrogens (tertiary/aromatic N) is 2. The van der Waals surface area contributed by atoms with Crippen molar-refractivity contribution in [3.05, 3.63) is 0 Å². The minimum absolute atomic E-state index is 0. The van der Waals surface area contributed by atoms with Crippen LogP contribution in [0.3, 0.4) is 0 Å². The Morgan fingerprint density at radius 1 is 1.44 bits per heavy atom. The zero-order valence-corrected chi connectivity index (χ0v) is 11.8. The molecule has 0 bridgehead atoms. The molecule has 0 spiro atoms. The van der Waals surface area contributed by atoms with Gasteiger partial charge in [-0.3, -0.25) is 14.9 Å². The summed E-state index contributed by atoms with van der Waals surface area (Å²) in [5.74, 6) is 0.0693. The van der Waals surface area contributed by atoms with E-state index in [-0.39, 0.29) is 49.1 Å². The summed E-state index contributed by atoms with van der Waals surface area (Å²) < 4.78 is 0. The molecule has 2 fully saturated rings. The first-order valence-corrected chi connectivity index (χ1v) is 5.51. The Morgan fingerprint density at radius 2 is 2.17 bits per heavy atom. The number of hydrogen-bond acceptors (Lipinski definition) is 3. The van der Waals surface area contributed by atoms with Gasteiger partial charge >= 0.3 is 0 Å². The number of hydrogen-bond donors (Lipinski definition) is 2. The van der Waals surface area contributed by atoms with Gasteiger partial charge in [-0.25, -0.2) is 0 Å². The molecule has 2 N–H and O–H groups in total. The molecule has 0 aliphatic carbocycles. The molecule has 1 unspecified atom stereocenters. The van der Waals surface area contributed by atoms with E-state index in [1.807, 2.05) is 0 Å². The smallest absolute Gasteiger partial charge is 0.253 e. The van der Waals surface area contributed by atoms with Crippen molar-refractivity contribution in [2.24, 2.45) is 10.9 Å². The maximum Gasteiger partial charge on any atom is 0.253 e. The quantitative estimate of drug-likeness (QED) is 0.701. The van der Waals surface area contributed by atoms with Crippen molar-refractivity contribution >= 4 is 42.6 Å². The van der Waals surface area contributed by atoms with E-state index < -0.39 is 0 Å². The van der Waals surface area contributed by atoms with Crippen LogP contribution in [0.25, 0.3) is 0 Å². The van der Waals surface area contributed by atoms with Crippen LogP contribution in [0.1, 0.15) is 12.8 Å². The molecule has 2 aliphatic rings. The van der Waals surface area contributed by atoms with Gasteiger partial charge in [0.1, 0.15) is 0 Å². The van der Waals surface area contributed by atoms with Crippen LogP contribution >= 0.6 is 24.8 Å². The Kier molecular flexibility index (Phi) is 7.20. The van der Waals surface area contributed by atoms with Gasteiger partial charge in [0.25, 0.3) is 5.91 Å². The molecule has 0 saturated carbocycles. The topological polar surface area (TPSA) is 73.8 Å². The lowest BCUT2D eigenvalue weighted by molar-refractivity contribution is -0.122. The highest BCUT2D eigenvalue weighted by Gasteiger charge is 2.25. The summed E-state index contributed by atoms with van der Waals surface area (Å²) in [6, 6.07) is 0. The summed E-state index contributed by atoms with van der Waals surface area (Å²) in [6.45, 7) is 1.93. The molecule has 0 aromatic heterocycles. The molecule has 2 aliphatic heterocycles. The predicted molar refractivity (Wildman–Crippen MR) is 73.3 cm³/mol. The van der Waals surface area contributed by atoms with E-state index in [1.54, 1.807) is 11.9 Å². The molecular weight excluding hydrogens is 279 g/mol. The van der Waals surface area contributed by atoms with Gasteiger partial charge in [0.2, 0.25) is 11.9 Å². The molecule has 0 aromatic carbocycles. The molecule has 2 rings (SSSR count). The van der Waals surface area contributed by atoms with Gasteiger partial charge in [0.05, 0.1) is 12.5 Å². The van der Waals surface area contributed by atoms with Crippen molar-refractivity contribution in [1.82, 2.24) is 15.5 Å². The summed E-state index contributed by atoms with van der Waals surface area (Å²) >= 11 is 0. The first-order valence-electron chi connectivity index (χ1n) is 5.51. The minimum Gasteiger partial charge on any atom is -0.336 e. The molecule has 2 heterocycles. The SMILES string of the molecule is CN1CC(=O)NC1=NC(=O)C1CCCNC1.Cl.Cl. The highest BCUT2D eigenvalue weighted by atomic mass is 35.5.